The molecule has 1 heterocycles. The van der Waals surface area contributed by atoms with E-state index >= 15 is 0 Å². The maximum absolute atomic E-state index is 14.0. The molecule has 0 spiro atoms. The Kier molecular flexibility index (Phi) is 7.71. The maximum atomic E-state index is 14.0. The number of nitrogens with zero attached hydrogens (tertiary/aromatic N) is 1. The zero-order chi connectivity index (χ0) is 29.9. The summed E-state index contributed by atoms with van der Waals surface area (Å²) >= 11 is 0. The van der Waals surface area contributed by atoms with Gasteiger partial charge in [0.25, 0.3) is 11.8 Å². The van der Waals surface area contributed by atoms with Gasteiger partial charge in [-0.25, -0.2) is 4.58 Å². The van der Waals surface area contributed by atoms with Crippen LogP contribution < -0.4 is 10.6 Å². The van der Waals surface area contributed by atoms with Crippen LogP contribution in [0.2, 0.25) is 0 Å². The molecule has 214 valence electrons. The Morgan fingerprint density at radius 1 is 0.791 bits per heavy atom. The van der Waals surface area contributed by atoms with Crippen molar-refractivity contribution in [2.24, 2.45) is 0 Å². The molecule has 6 rings (SSSR count). The molecule has 2 aliphatic carbocycles. The van der Waals surface area contributed by atoms with Crippen LogP contribution in [-0.4, -0.2) is 48.1 Å². The number of rotatable bonds is 6. The van der Waals surface area contributed by atoms with Crippen molar-refractivity contribution < 1.29 is 23.7 Å². The molecule has 2 amide bonds. The molecule has 1 saturated heterocycles. The molecule has 7 nitrogen and oxygen atoms in total. The highest BCUT2D eigenvalue weighted by Crippen LogP contribution is 2.44. The average molecular weight is 571 g/mol. The van der Waals surface area contributed by atoms with Gasteiger partial charge >= 0.3 is 0 Å². The van der Waals surface area contributed by atoms with E-state index in [1.807, 2.05) is 67.6 Å². The number of carbonyl (C=O) groups is 3. The lowest BCUT2D eigenvalue weighted by molar-refractivity contribution is -0.504. The number of ether oxygens (including phenoxy) is 1. The Labute approximate surface area is 250 Å². The second-order valence-corrected chi connectivity index (χ2v) is 10.7. The molecule has 0 unspecified atom stereocenters. The Balaban J connectivity index is 1.42. The standard InChI is InChI=1S/C36H31N3O4/c1-23-15-17-27(29(21-23)37-35(41)24-11-5-3-6-12-24)31-33(40)32(34(31)43-2)28-18-16-26(39-19-9-10-20-39)22-30(28)38-36(42)25-13-7-4-8-14-25/h3-8,11-18,21-22H,9-10,19-20H2,1-2H3,(H,37,38,41,42)/p+1. The Morgan fingerprint density at radius 2 is 1.42 bits per heavy atom. The van der Waals surface area contributed by atoms with Crippen LogP contribution in [0.5, 0.6) is 0 Å². The fourth-order valence-corrected chi connectivity index (χ4v) is 5.66. The van der Waals surface area contributed by atoms with Crippen molar-refractivity contribution in [3.8, 4) is 0 Å². The first-order valence-electron chi connectivity index (χ1n) is 14.4. The minimum Gasteiger partial charge on any atom is -0.495 e. The van der Waals surface area contributed by atoms with Gasteiger partial charge in [0.2, 0.25) is 11.5 Å². The van der Waals surface area contributed by atoms with Crippen LogP contribution in [0.4, 0.5) is 5.69 Å². The Morgan fingerprint density at radius 3 is 2.05 bits per heavy atom. The number of Topliss-reactive ketones (excluding diaryl/α,β-unsaturated/α-hetero) is 1. The number of methoxy groups -OCH3 is 1. The van der Waals surface area contributed by atoms with E-state index in [0.717, 1.165) is 37.2 Å². The SMILES string of the molecule is COC1=C(c2ccc(C)cc2NC(=O)c2ccccc2)C(=O)/C1=C1/C=CC(=[N+]2CCCC2)C=C1NC(=O)c1ccccc1. The minimum atomic E-state index is -0.272. The number of allylic oxidation sites excluding steroid dienone is 5. The summed E-state index contributed by atoms with van der Waals surface area (Å²) in [7, 11) is 1.53. The van der Waals surface area contributed by atoms with Crippen LogP contribution in [0.1, 0.15) is 44.7 Å². The molecule has 7 heteroatoms. The van der Waals surface area contributed by atoms with E-state index in [0.29, 0.717) is 50.6 Å². The third-order valence-electron chi connectivity index (χ3n) is 7.87. The Bertz CT molecular complexity index is 1790. The number of anilines is 1. The third-order valence-corrected chi connectivity index (χ3v) is 7.87. The predicted octanol–water partition coefficient (Wildman–Crippen LogP) is 5.62. The average Bonchev–Trinajstić information content (AvgIpc) is 3.58. The highest BCUT2D eigenvalue weighted by Gasteiger charge is 2.40. The highest BCUT2D eigenvalue weighted by molar-refractivity contribution is 6.40. The molecule has 2 N–H and O–H groups in total. The summed E-state index contributed by atoms with van der Waals surface area (Å²) in [6, 6.07) is 23.5. The molecule has 3 aromatic carbocycles. The van der Waals surface area contributed by atoms with Crippen LogP contribution in [-0.2, 0) is 9.53 Å². The van der Waals surface area contributed by atoms with Gasteiger partial charge in [0.05, 0.1) is 24.0 Å². The van der Waals surface area contributed by atoms with E-state index in [9.17, 15) is 14.4 Å². The van der Waals surface area contributed by atoms with Gasteiger partial charge in [0, 0.05) is 52.9 Å². The highest BCUT2D eigenvalue weighted by atomic mass is 16.5. The van der Waals surface area contributed by atoms with Gasteiger partial charge in [-0.3, -0.25) is 14.4 Å². The molecule has 3 aromatic rings. The molecule has 0 aromatic heterocycles. The van der Waals surface area contributed by atoms with Gasteiger partial charge in [-0.1, -0.05) is 48.5 Å². The van der Waals surface area contributed by atoms with E-state index < -0.39 is 0 Å². The molecular weight excluding hydrogens is 538 g/mol. The number of amides is 2. The van der Waals surface area contributed by atoms with Crippen molar-refractivity contribution in [3.05, 3.63) is 142 Å². The third kappa shape index (κ3) is 5.49. The lowest BCUT2D eigenvalue weighted by atomic mass is 9.78. The van der Waals surface area contributed by atoms with Crippen molar-refractivity contribution in [1.29, 1.82) is 0 Å². The zero-order valence-electron chi connectivity index (χ0n) is 24.1. The molecule has 0 radical (unpaired) electrons. The van der Waals surface area contributed by atoms with Crippen molar-refractivity contribution in [2.75, 3.05) is 25.5 Å². The van der Waals surface area contributed by atoms with Crippen LogP contribution in [0, 0.1) is 6.92 Å². The number of aryl methyl sites for hydroxylation is 1. The number of carbonyl (C=O) groups excluding carboxylic acids is 3. The first-order valence-corrected chi connectivity index (χ1v) is 14.4. The van der Waals surface area contributed by atoms with Crippen molar-refractivity contribution >= 4 is 34.6 Å². The summed E-state index contributed by atoms with van der Waals surface area (Å²) in [4.78, 5) is 40.2. The van der Waals surface area contributed by atoms with Gasteiger partial charge in [-0.05, 0) is 48.9 Å². The minimum absolute atomic E-state index is 0.222. The second-order valence-electron chi connectivity index (χ2n) is 10.7. The summed E-state index contributed by atoms with van der Waals surface area (Å²) in [5.41, 5.74) is 5.94. The van der Waals surface area contributed by atoms with Gasteiger partial charge in [0.1, 0.15) is 18.8 Å². The van der Waals surface area contributed by atoms with Crippen LogP contribution >= 0.6 is 0 Å². The first-order chi connectivity index (χ1) is 20.9. The summed E-state index contributed by atoms with van der Waals surface area (Å²) in [5.74, 6) is -0.347. The number of hydrogen-bond acceptors (Lipinski definition) is 4. The molecule has 0 bridgehead atoms. The molecule has 0 saturated carbocycles. The Hall–Kier alpha value is -5.30. The lowest BCUT2D eigenvalue weighted by Crippen LogP contribution is -2.31. The summed E-state index contributed by atoms with van der Waals surface area (Å²) in [5, 5.41) is 6.03. The number of benzene rings is 3. The fourth-order valence-electron chi connectivity index (χ4n) is 5.66. The lowest BCUT2D eigenvalue weighted by Gasteiger charge is -2.29. The first kappa shape index (κ1) is 27.8. The predicted molar refractivity (Wildman–Crippen MR) is 167 cm³/mol. The van der Waals surface area contributed by atoms with E-state index in [-0.39, 0.29) is 17.6 Å². The number of hydrogen-bond donors (Lipinski definition) is 2. The molecule has 1 aliphatic heterocycles. The normalized spacial score (nSPS) is 17.9. The van der Waals surface area contributed by atoms with Crippen LogP contribution in [0.3, 0.4) is 0 Å². The largest absolute Gasteiger partial charge is 0.495 e. The summed E-state index contributed by atoms with van der Waals surface area (Å²) in [6.07, 6.45) is 8.03. The quantitative estimate of drug-likeness (QED) is 0.298. The van der Waals surface area contributed by atoms with Crippen LogP contribution in [0.25, 0.3) is 5.57 Å². The van der Waals surface area contributed by atoms with E-state index in [4.69, 9.17) is 4.74 Å². The zero-order valence-corrected chi connectivity index (χ0v) is 24.1. The maximum Gasteiger partial charge on any atom is 0.255 e. The van der Waals surface area contributed by atoms with E-state index in [1.54, 1.807) is 36.4 Å². The van der Waals surface area contributed by atoms with Crippen molar-refractivity contribution in [3.63, 3.8) is 0 Å². The smallest absolute Gasteiger partial charge is 0.255 e. The van der Waals surface area contributed by atoms with Gasteiger partial charge in [-0.2, -0.15) is 0 Å². The van der Waals surface area contributed by atoms with Crippen molar-refractivity contribution in [2.45, 2.75) is 19.8 Å². The van der Waals surface area contributed by atoms with Gasteiger partial charge in [-0.15, -0.1) is 0 Å². The van der Waals surface area contributed by atoms with E-state index in [2.05, 4.69) is 15.2 Å². The fraction of sp³-hybridized carbons (Fsp3) is 0.167. The monoisotopic (exact) mass is 570 g/mol. The number of nitrogens with one attached hydrogen (secondary N) is 2. The van der Waals surface area contributed by atoms with Gasteiger partial charge in [0.15, 0.2) is 0 Å². The molecule has 1 fully saturated rings. The summed E-state index contributed by atoms with van der Waals surface area (Å²) in [6.45, 7) is 3.82. The topological polar surface area (TPSA) is 87.5 Å². The molecule has 43 heavy (non-hydrogen) atoms. The van der Waals surface area contributed by atoms with Gasteiger partial charge < -0.3 is 15.4 Å². The van der Waals surface area contributed by atoms with Crippen LogP contribution in [0.15, 0.2) is 120 Å². The second kappa shape index (κ2) is 11.9. The molecule has 3 aliphatic rings. The number of ketones is 1. The summed E-state index contributed by atoms with van der Waals surface area (Å²) < 4.78 is 8.11. The molecular formula is C36H32N3O4+. The molecule has 0 atom stereocenters. The van der Waals surface area contributed by atoms with Crippen molar-refractivity contribution in [1.82, 2.24) is 5.32 Å². The van der Waals surface area contributed by atoms with E-state index in [1.165, 1.54) is 7.11 Å².